The van der Waals surface area contributed by atoms with Crippen molar-refractivity contribution >= 4 is 11.9 Å². The van der Waals surface area contributed by atoms with Crippen LogP contribution in [0.1, 0.15) is 194 Å². The van der Waals surface area contributed by atoms with Gasteiger partial charge in [0.25, 0.3) is 0 Å². The zero-order valence-electron chi connectivity index (χ0n) is 33.8. The summed E-state index contributed by atoms with van der Waals surface area (Å²) in [7, 11) is 0. The molecule has 0 spiro atoms. The van der Waals surface area contributed by atoms with Crippen LogP contribution in [0.2, 0.25) is 0 Å². The standard InChI is InChI=1S/C43H80O10/c1-3-5-7-9-11-13-15-17-18-20-21-23-25-27-29-31-38(45)50-34-36(35-51-43-42(49)41(48)40(47)37(33-44)53-43)52-39(46)32-30-28-26-24-22-19-16-14-12-10-8-6-4-2/h17-18,36-37,40-44,47-49H,3-16,19-35H2,1-2H3/b18-17-/t36-,37-,40+,41+,42-,43-/m1/s1. The van der Waals surface area contributed by atoms with Crippen LogP contribution in [0.15, 0.2) is 12.2 Å². The molecule has 0 aromatic rings. The quantitative estimate of drug-likeness (QED) is 0.0277. The molecule has 6 atom stereocenters. The Balaban J connectivity index is 2.34. The van der Waals surface area contributed by atoms with E-state index in [1.54, 1.807) is 0 Å². The van der Waals surface area contributed by atoms with E-state index in [1.807, 2.05) is 0 Å². The summed E-state index contributed by atoms with van der Waals surface area (Å²) in [4.78, 5) is 25.3. The molecule has 0 saturated carbocycles. The Morgan fingerprint density at radius 3 is 1.47 bits per heavy atom. The summed E-state index contributed by atoms with van der Waals surface area (Å²) in [5.74, 6) is -0.809. The monoisotopic (exact) mass is 757 g/mol. The molecular weight excluding hydrogens is 676 g/mol. The molecular formula is C43H80O10. The highest BCUT2D eigenvalue weighted by atomic mass is 16.7. The maximum atomic E-state index is 12.7. The van der Waals surface area contributed by atoms with E-state index in [4.69, 9.17) is 18.9 Å². The second-order valence-electron chi connectivity index (χ2n) is 15.2. The highest BCUT2D eigenvalue weighted by Crippen LogP contribution is 2.23. The third kappa shape index (κ3) is 26.8. The van der Waals surface area contributed by atoms with Gasteiger partial charge in [-0.15, -0.1) is 0 Å². The molecule has 1 aliphatic heterocycles. The van der Waals surface area contributed by atoms with Crippen LogP contribution in [-0.2, 0) is 28.5 Å². The van der Waals surface area contributed by atoms with Crippen molar-refractivity contribution in [3.8, 4) is 0 Å². The predicted molar refractivity (Wildman–Crippen MR) is 210 cm³/mol. The van der Waals surface area contributed by atoms with E-state index in [0.717, 1.165) is 57.8 Å². The molecule has 1 rings (SSSR count). The molecule has 1 fully saturated rings. The minimum atomic E-state index is -1.59. The van der Waals surface area contributed by atoms with Gasteiger partial charge in [-0.3, -0.25) is 9.59 Å². The lowest BCUT2D eigenvalue weighted by atomic mass is 9.99. The van der Waals surface area contributed by atoms with Crippen LogP contribution >= 0.6 is 0 Å². The fourth-order valence-electron chi connectivity index (χ4n) is 6.65. The van der Waals surface area contributed by atoms with Crippen molar-refractivity contribution in [2.75, 3.05) is 19.8 Å². The smallest absolute Gasteiger partial charge is 0.306 e. The fourth-order valence-corrected chi connectivity index (χ4v) is 6.65. The van der Waals surface area contributed by atoms with Gasteiger partial charge in [-0.05, 0) is 38.5 Å². The lowest BCUT2D eigenvalue weighted by Gasteiger charge is -2.39. The fraction of sp³-hybridized carbons (Fsp3) is 0.907. The van der Waals surface area contributed by atoms with E-state index < -0.39 is 49.4 Å². The van der Waals surface area contributed by atoms with Gasteiger partial charge in [-0.1, -0.05) is 154 Å². The average molecular weight is 757 g/mol. The topological polar surface area (TPSA) is 152 Å². The highest BCUT2D eigenvalue weighted by Gasteiger charge is 2.44. The third-order valence-corrected chi connectivity index (χ3v) is 10.2. The number of rotatable bonds is 36. The Hall–Kier alpha value is -1.56. The molecule has 0 aliphatic carbocycles. The third-order valence-electron chi connectivity index (χ3n) is 10.2. The SMILES string of the molecule is CCCCCCCC/C=C\CCCCCCCC(=O)OC[C@H](CO[C@@H]1O[C@H](CO)[C@H](O)[C@H](O)[C@H]1O)OC(=O)CCCCCCCCCCCCCCC. The van der Waals surface area contributed by atoms with Crippen molar-refractivity contribution in [3.05, 3.63) is 12.2 Å². The summed E-state index contributed by atoms with van der Waals surface area (Å²) in [6.07, 6.45) is 27.9. The van der Waals surface area contributed by atoms with Crippen molar-refractivity contribution in [3.63, 3.8) is 0 Å². The number of carbonyl (C=O) groups is 2. The van der Waals surface area contributed by atoms with Gasteiger partial charge in [0.1, 0.15) is 31.0 Å². The van der Waals surface area contributed by atoms with Crippen molar-refractivity contribution in [2.24, 2.45) is 0 Å². The molecule has 4 N–H and O–H groups in total. The summed E-state index contributed by atoms with van der Waals surface area (Å²) >= 11 is 0. The van der Waals surface area contributed by atoms with E-state index in [9.17, 15) is 30.0 Å². The molecule has 312 valence electrons. The van der Waals surface area contributed by atoms with Gasteiger partial charge >= 0.3 is 11.9 Å². The molecule has 53 heavy (non-hydrogen) atoms. The van der Waals surface area contributed by atoms with E-state index in [2.05, 4.69) is 26.0 Å². The molecule has 1 aliphatic rings. The van der Waals surface area contributed by atoms with E-state index >= 15 is 0 Å². The molecule has 1 heterocycles. The molecule has 0 radical (unpaired) electrons. The van der Waals surface area contributed by atoms with E-state index in [1.165, 1.54) is 103 Å². The number of hydrogen-bond donors (Lipinski definition) is 4. The zero-order chi connectivity index (χ0) is 38.8. The van der Waals surface area contributed by atoms with Gasteiger partial charge in [0.05, 0.1) is 13.2 Å². The highest BCUT2D eigenvalue weighted by molar-refractivity contribution is 5.70. The van der Waals surface area contributed by atoms with Crippen LogP contribution in [0.3, 0.4) is 0 Å². The Labute approximate surface area is 322 Å². The summed E-state index contributed by atoms with van der Waals surface area (Å²) in [6.45, 7) is 3.41. The molecule has 0 unspecified atom stereocenters. The minimum absolute atomic E-state index is 0.217. The van der Waals surface area contributed by atoms with Gasteiger partial charge in [0.15, 0.2) is 12.4 Å². The van der Waals surface area contributed by atoms with Crippen LogP contribution < -0.4 is 0 Å². The first-order valence-electron chi connectivity index (χ1n) is 21.8. The lowest BCUT2D eigenvalue weighted by Crippen LogP contribution is -2.59. The van der Waals surface area contributed by atoms with Crippen LogP contribution in [0, 0.1) is 0 Å². The van der Waals surface area contributed by atoms with Crippen molar-refractivity contribution < 1.29 is 49.0 Å². The van der Waals surface area contributed by atoms with Crippen LogP contribution in [0.25, 0.3) is 0 Å². The van der Waals surface area contributed by atoms with Gasteiger partial charge in [0, 0.05) is 12.8 Å². The lowest BCUT2D eigenvalue weighted by molar-refractivity contribution is -0.305. The number of aliphatic hydroxyl groups excluding tert-OH is 4. The average Bonchev–Trinajstić information content (AvgIpc) is 3.15. The summed E-state index contributed by atoms with van der Waals surface area (Å²) in [5, 5.41) is 40.0. The number of carbonyl (C=O) groups excluding carboxylic acids is 2. The molecule has 0 bridgehead atoms. The van der Waals surface area contributed by atoms with Crippen molar-refractivity contribution in [2.45, 2.75) is 230 Å². The largest absolute Gasteiger partial charge is 0.462 e. The second-order valence-corrected chi connectivity index (χ2v) is 15.2. The van der Waals surface area contributed by atoms with Crippen molar-refractivity contribution in [1.29, 1.82) is 0 Å². The van der Waals surface area contributed by atoms with E-state index in [0.29, 0.717) is 6.42 Å². The van der Waals surface area contributed by atoms with Gasteiger partial charge in [-0.25, -0.2) is 0 Å². The molecule has 0 aromatic heterocycles. The first kappa shape index (κ1) is 49.5. The molecule has 0 amide bonds. The summed E-state index contributed by atoms with van der Waals surface area (Å²) < 4.78 is 22.1. The second kappa shape index (κ2) is 34.9. The minimum Gasteiger partial charge on any atom is -0.462 e. The van der Waals surface area contributed by atoms with Gasteiger partial charge < -0.3 is 39.4 Å². The molecule has 1 saturated heterocycles. The Morgan fingerprint density at radius 2 is 1.00 bits per heavy atom. The molecule has 0 aromatic carbocycles. The Kier molecular flexibility index (Phi) is 32.6. The van der Waals surface area contributed by atoms with Crippen LogP contribution in [-0.4, -0.2) is 89.0 Å². The van der Waals surface area contributed by atoms with Crippen molar-refractivity contribution in [1.82, 2.24) is 0 Å². The maximum absolute atomic E-state index is 12.7. The zero-order valence-corrected chi connectivity index (χ0v) is 33.8. The predicted octanol–water partition coefficient (Wildman–Crippen LogP) is 8.78. The Morgan fingerprint density at radius 1 is 0.566 bits per heavy atom. The van der Waals surface area contributed by atoms with E-state index in [-0.39, 0.29) is 32.0 Å². The molecule has 10 heteroatoms. The number of unbranched alkanes of at least 4 members (excludes halogenated alkanes) is 23. The van der Waals surface area contributed by atoms with Gasteiger partial charge in [-0.2, -0.15) is 0 Å². The van der Waals surface area contributed by atoms with Crippen LogP contribution in [0.4, 0.5) is 0 Å². The number of aliphatic hydroxyl groups is 4. The summed E-state index contributed by atoms with van der Waals surface area (Å²) in [5.41, 5.74) is 0. The maximum Gasteiger partial charge on any atom is 0.306 e. The van der Waals surface area contributed by atoms with Gasteiger partial charge in [0.2, 0.25) is 0 Å². The first-order valence-corrected chi connectivity index (χ1v) is 21.8. The first-order chi connectivity index (χ1) is 25.8. The number of ether oxygens (including phenoxy) is 4. The van der Waals surface area contributed by atoms with Crippen LogP contribution in [0.5, 0.6) is 0 Å². The molecule has 10 nitrogen and oxygen atoms in total. The Bertz CT molecular complexity index is 881. The summed E-state index contributed by atoms with van der Waals surface area (Å²) in [6, 6.07) is 0. The normalized spacial score (nSPS) is 20.9. The number of hydrogen-bond acceptors (Lipinski definition) is 10. The number of allylic oxidation sites excluding steroid dienone is 2. The number of esters is 2.